The molecule has 1 aliphatic rings. The van der Waals surface area contributed by atoms with E-state index in [1.54, 1.807) is 5.20 Å². The minimum absolute atomic E-state index is 0.0131. The molecule has 0 fully saturated rings. The average molecular weight is 468 g/mol. The highest BCUT2D eigenvalue weighted by Gasteiger charge is 2.56. The molecular weight excluding hydrogens is 414 g/mol. The van der Waals surface area contributed by atoms with Crippen molar-refractivity contribution in [2.75, 3.05) is 14.1 Å². The number of likely N-dealkylation sites (N-methyl/N-ethyl adjacent to an activating group) is 1. The molecule has 3 unspecified atom stereocenters. The van der Waals surface area contributed by atoms with Gasteiger partial charge in [-0.25, -0.2) is 0 Å². The van der Waals surface area contributed by atoms with E-state index in [-0.39, 0.29) is 11.8 Å². The smallest absolute Gasteiger partial charge is 0.130 e. The Hall–Kier alpha value is -0.236. The average Bonchev–Trinajstić information content (AvgIpc) is 2.97. The van der Waals surface area contributed by atoms with Crippen LogP contribution in [0.2, 0.25) is 44.8 Å². The molecule has 0 aromatic carbocycles. The predicted octanol–water partition coefficient (Wildman–Crippen LogP) is 7.67. The normalized spacial score (nSPS) is 23.6. The molecule has 0 radical (unpaired) electrons. The maximum absolute atomic E-state index is 12.7. The van der Waals surface area contributed by atoms with Gasteiger partial charge in [-0.15, -0.1) is 0 Å². The van der Waals surface area contributed by atoms with Gasteiger partial charge in [-0.1, -0.05) is 98.1 Å². The molecule has 5 heteroatoms. The molecule has 0 N–H and O–H groups in total. The standard InChI is InChI=1S/C26H53NO2Si2/c1-11-13-15-17-19-22-24(31(8,9)10)25(27(3)4)29-26(22,20-18-16-14-12-2)23(21-28)30(5,6)7/h21,23,25H,11-20H2,1-10H3. The lowest BCUT2D eigenvalue weighted by Gasteiger charge is -2.43. The quantitative estimate of drug-likeness (QED) is 0.141. The van der Waals surface area contributed by atoms with Crippen molar-refractivity contribution in [1.29, 1.82) is 0 Å². The van der Waals surface area contributed by atoms with Crippen molar-refractivity contribution in [2.45, 2.75) is 135 Å². The largest absolute Gasteiger partial charge is 0.348 e. The van der Waals surface area contributed by atoms with Crippen molar-refractivity contribution in [3.8, 4) is 0 Å². The molecule has 0 aromatic rings. The SMILES string of the molecule is CCCCCCC1=C([Si](C)(C)C)C(N(C)C)OC1(CCCCCC)C(C=O)[Si](C)(C)C. The lowest BCUT2D eigenvalue weighted by Crippen LogP contribution is -2.50. The van der Waals surface area contributed by atoms with Crippen molar-refractivity contribution < 1.29 is 9.53 Å². The van der Waals surface area contributed by atoms with E-state index in [4.69, 9.17) is 4.74 Å². The molecule has 3 nitrogen and oxygen atoms in total. The summed E-state index contributed by atoms with van der Waals surface area (Å²) < 4.78 is 7.17. The Morgan fingerprint density at radius 3 is 1.90 bits per heavy atom. The van der Waals surface area contributed by atoms with Gasteiger partial charge in [0.2, 0.25) is 0 Å². The van der Waals surface area contributed by atoms with Crippen LogP contribution in [0.3, 0.4) is 0 Å². The molecule has 0 aromatic heterocycles. The zero-order valence-electron chi connectivity index (χ0n) is 22.6. The van der Waals surface area contributed by atoms with Gasteiger partial charge < -0.3 is 9.53 Å². The molecular formula is C26H53NO2Si2. The highest BCUT2D eigenvalue weighted by Crippen LogP contribution is 2.53. The number of ether oxygens (including phenoxy) is 1. The first-order valence-corrected chi connectivity index (χ1v) is 20.0. The van der Waals surface area contributed by atoms with E-state index in [0.29, 0.717) is 0 Å². The Balaban J connectivity index is 3.62. The Morgan fingerprint density at radius 2 is 1.48 bits per heavy atom. The molecule has 0 saturated carbocycles. The van der Waals surface area contributed by atoms with Crippen LogP contribution < -0.4 is 0 Å². The predicted molar refractivity (Wildman–Crippen MR) is 142 cm³/mol. The van der Waals surface area contributed by atoms with Crippen molar-refractivity contribution in [1.82, 2.24) is 4.90 Å². The summed E-state index contributed by atoms with van der Waals surface area (Å²) >= 11 is 0. The van der Waals surface area contributed by atoms with E-state index in [9.17, 15) is 4.79 Å². The number of carbonyl (C=O) groups is 1. The summed E-state index contributed by atoms with van der Waals surface area (Å²) in [5.74, 6) is 0. The fraction of sp³-hybridized carbons (Fsp3) is 0.885. The second-order valence-corrected chi connectivity index (χ2v) is 22.5. The first-order valence-electron chi connectivity index (χ1n) is 12.9. The zero-order valence-corrected chi connectivity index (χ0v) is 24.6. The van der Waals surface area contributed by atoms with Gasteiger partial charge >= 0.3 is 0 Å². The zero-order chi connectivity index (χ0) is 23.9. The Kier molecular flexibility index (Phi) is 11.4. The lowest BCUT2D eigenvalue weighted by atomic mass is 9.82. The highest BCUT2D eigenvalue weighted by atomic mass is 28.3. The molecule has 0 bridgehead atoms. The molecule has 182 valence electrons. The summed E-state index contributed by atoms with van der Waals surface area (Å²) in [4.78, 5) is 15.0. The number of aldehydes is 1. The van der Waals surface area contributed by atoms with Crippen LogP contribution in [0.4, 0.5) is 0 Å². The van der Waals surface area contributed by atoms with E-state index in [2.05, 4.69) is 72.1 Å². The second kappa shape index (κ2) is 12.3. The van der Waals surface area contributed by atoms with Crippen molar-refractivity contribution in [3.63, 3.8) is 0 Å². The van der Waals surface area contributed by atoms with Crippen molar-refractivity contribution >= 4 is 22.4 Å². The summed E-state index contributed by atoms with van der Waals surface area (Å²) in [6.07, 6.45) is 13.3. The number of hydrogen-bond donors (Lipinski definition) is 0. The van der Waals surface area contributed by atoms with E-state index < -0.39 is 21.7 Å². The lowest BCUT2D eigenvalue weighted by molar-refractivity contribution is -0.121. The summed E-state index contributed by atoms with van der Waals surface area (Å²) in [5.41, 5.74) is 1.16. The van der Waals surface area contributed by atoms with Gasteiger partial charge in [0.15, 0.2) is 0 Å². The fourth-order valence-electron chi connectivity index (χ4n) is 5.42. The third kappa shape index (κ3) is 7.38. The van der Waals surface area contributed by atoms with Crippen LogP contribution in [-0.4, -0.2) is 53.3 Å². The van der Waals surface area contributed by atoms with Crippen LogP contribution in [0.5, 0.6) is 0 Å². The number of rotatable bonds is 15. The third-order valence-corrected chi connectivity index (χ3v) is 11.6. The molecule has 31 heavy (non-hydrogen) atoms. The van der Waals surface area contributed by atoms with Crippen LogP contribution in [0.25, 0.3) is 0 Å². The van der Waals surface area contributed by atoms with Gasteiger partial charge in [0.1, 0.15) is 12.5 Å². The molecule has 1 heterocycles. The maximum atomic E-state index is 12.7. The number of unbranched alkanes of at least 4 members (excludes halogenated alkanes) is 6. The number of carbonyl (C=O) groups excluding carboxylic acids is 1. The van der Waals surface area contributed by atoms with Gasteiger partial charge in [-0.3, -0.25) is 4.90 Å². The maximum Gasteiger partial charge on any atom is 0.130 e. The monoisotopic (exact) mass is 467 g/mol. The van der Waals surface area contributed by atoms with E-state index in [0.717, 1.165) is 19.3 Å². The molecule has 1 aliphatic heterocycles. The Bertz CT molecular complexity index is 589. The van der Waals surface area contributed by atoms with Crippen LogP contribution in [0, 0.1) is 0 Å². The summed E-state index contributed by atoms with van der Waals surface area (Å²) in [5, 5.41) is 1.58. The van der Waals surface area contributed by atoms with E-state index in [1.165, 1.54) is 56.8 Å². The minimum atomic E-state index is -1.77. The Morgan fingerprint density at radius 1 is 0.935 bits per heavy atom. The molecule has 0 spiro atoms. The highest BCUT2D eigenvalue weighted by molar-refractivity contribution is 6.83. The van der Waals surface area contributed by atoms with Gasteiger partial charge in [-0.05, 0) is 44.1 Å². The topological polar surface area (TPSA) is 29.5 Å². The van der Waals surface area contributed by atoms with Crippen molar-refractivity contribution in [3.05, 3.63) is 10.8 Å². The molecule has 0 saturated heterocycles. The van der Waals surface area contributed by atoms with E-state index >= 15 is 0 Å². The van der Waals surface area contributed by atoms with Crippen LogP contribution in [-0.2, 0) is 9.53 Å². The Labute approximate surface area is 196 Å². The van der Waals surface area contributed by atoms with Crippen LogP contribution in [0.15, 0.2) is 10.8 Å². The third-order valence-electron chi connectivity index (χ3n) is 6.94. The van der Waals surface area contributed by atoms with Crippen LogP contribution in [0.1, 0.15) is 78.1 Å². The molecule has 0 amide bonds. The summed E-state index contributed by atoms with van der Waals surface area (Å²) in [6.45, 7) is 19.0. The fourth-order valence-corrected chi connectivity index (χ4v) is 9.92. The number of hydrogen-bond acceptors (Lipinski definition) is 3. The minimum Gasteiger partial charge on any atom is -0.348 e. The van der Waals surface area contributed by atoms with Gasteiger partial charge in [0.25, 0.3) is 0 Å². The number of nitrogens with zero attached hydrogens (tertiary/aromatic N) is 1. The molecule has 0 aliphatic carbocycles. The van der Waals surface area contributed by atoms with E-state index in [1.807, 2.05) is 0 Å². The van der Waals surface area contributed by atoms with Gasteiger partial charge in [0, 0.05) is 5.54 Å². The van der Waals surface area contributed by atoms with Gasteiger partial charge in [-0.2, -0.15) is 0 Å². The molecule has 3 atom stereocenters. The first-order chi connectivity index (χ1) is 14.4. The van der Waals surface area contributed by atoms with Crippen LogP contribution >= 0.6 is 0 Å². The molecule has 1 rings (SSSR count). The first kappa shape index (κ1) is 28.8. The van der Waals surface area contributed by atoms with Gasteiger partial charge in [0.05, 0.1) is 21.7 Å². The summed E-state index contributed by atoms with van der Waals surface area (Å²) in [6, 6.07) is 0. The van der Waals surface area contributed by atoms with Crippen molar-refractivity contribution in [2.24, 2.45) is 0 Å². The summed E-state index contributed by atoms with van der Waals surface area (Å²) in [7, 11) is 0.898. The second-order valence-electron chi connectivity index (χ2n) is 12.1.